The highest BCUT2D eigenvalue weighted by molar-refractivity contribution is 6.03. The lowest BCUT2D eigenvalue weighted by Crippen LogP contribution is -2.46. The fraction of sp³-hybridized carbons (Fsp3) is 0.333. The number of hydrogen-bond donors (Lipinski definition) is 3. The topological polar surface area (TPSA) is 117 Å². The maximum absolute atomic E-state index is 12.2. The second-order valence-electron chi connectivity index (χ2n) is 5.75. The first-order valence-corrected chi connectivity index (χ1v) is 8.28. The molecule has 2 aromatic rings. The first-order valence-electron chi connectivity index (χ1n) is 8.28. The van der Waals surface area contributed by atoms with E-state index < -0.39 is 30.1 Å². The Morgan fingerprint density at radius 3 is 2.69 bits per heavy atom. The van der Waals surface area contributed by atoms with E-state index in [4.69, 9.17) is 4.74 Å². The number of amides is 2. The third kappa shape index (κ3) is 4.92. The maximum atomic E-state index is 12.2. The van der Waals surface area contributed by atoms with E-state index >= 15 is 0 Å². The molecule has 2 amide bonds. The van der Waals surface area contributed by atoms with Crippen molar-refractivity contribution >= 4 is 28.7 Å². The number of hydrogen-bond acceptors (Lipinski definition) is 5. The lowest BCUT2D eigenvalue weighted by Gasteiger charge is -2.14. The lowest BCUT2D eigenvalue weighted by atomic mass is 10.1. The van der Waals surface area contributed by atoms with Gasteiger partial charge in [0.2, 0.25) is 11.5 Å². The molecule has 3 N–H and O–H groups in total. The average molecular weight is 359 g/mol. The molecular weight excluding hydrogens is 338 g/mol. The van der Waals surface area contributed by atoms with Gasteiger partial charge in [-0.25, -0.2) is 4.79 Å². The van der Waals surface area contributed by atoms with Crippen molar-refractivity contribution in [1.82, 2.24) is 15.6 Å². The van der Waals surface area contributed by atoms with Crippen LogP contribution in [0.25, 0.3) is 10.9 Å². The molecule has 1 heterocycles. The first kappa shape index (κ1) is 19.2. The molecule has 0 aliphatic rings. The van der Waals surface area contributed by atoms with Crippen LogP contribution < -0.4 is 16.2 Å². The van der Waals surface area contributed by atoms with Crippen molar-refractivity contribution in [3.05, 3.63) is 46.2 Å². The summed E-state index contributed by atoms with van der Waals surface area (Å²) in [4.78, 5) is 50.1. The van der Waals surface area contributed by atoms with Crippen LogP contribution in [0.2, 0.25) is 0 Å². The second-order valence-corrected chi connectivity index (χ2v) is 5.75. The molecule has 138 valence electrons. The van der Waals surface area contributed by atoms with E-state index in [-0.39, 0.29) is 11.5 Å². The molecule has 1 aromatic carbocycles. The summed E-state index contributed by atoms with van der Waals surface area (Å²) in [5, 5.41) is 5.62. The highest BCUT2D eigenvalue weighted by atomic mass is 16.5. The minimum atomic E-state index is -0.787. The quantitative estimate of drug-likeness (QED) is 0.630. The standard InChI is InChI=1S/C18H21N3O5/c1-3-8-19-17(24)11(2)20-16(23)10-26-18(25)13-9-15(22)21-14-7-5-4-6-12(13)14/h4-7,9,11H,3,8,10H2,1-2H3,(H,19,24)(H,20,23)(H,21,22)/t11-/m0/s1. The molecule has 0 bridgehead atoms. The number of benzene rings is 1. The Bertz CT molecular complexity index is 875. The summed E-state index contributed by atoms with van der Waals surface area (Å²) >= 11 is 0. The number of para-hydroxylation sites is 1. The lowest BCUT2D eigenvalue weighted by molar-refractivity contribution is -0.130. The molecule has 0 saturated carbocycles. The highest BCUT2D eigenvalue weighted by Crippen LogP contribution is 2.15. The van der Waals surface area contributed by atoms with E-state index in [1.807, 2.05) is 6.92 Å². The van der Waals surface area contributed by atoms with Gasteiger partial charge in [0.1, 0.15) is 6.04 Å². The van der Waals surface area contributed by atoms with E-state index in [1.165, 1.54) is 6.92 Å². The van der Waals surface area contributed by atoms with Gasteiger partial charge in [0.05, 0.1) is 5.56 Å². The van der Waals surface area contributed by atoms with Gasteiger partial charge in [0.15, 0.2) is 6.61 Å². The van der Waals surface area contributed by atoms with Gasteiger partial charge in [-0.3, -0.25) is 14.4 Å². The van der Waals surface area contributed by atoms with Crippen LogP contribution in [-0.4, -0.2) is 42.0 Å². The van der Waals surface area contributed by atoms with Gasteiger partial charge in [-0.05, 0) is 19.4 Å². The number of carbonyl (C=O) groups is 3. The van der Waals surface area contributed by atoms with Gasteiger partial charge in [-0.2, -0.15) is 0 Å². The fourth-order valence-corrected chi connectivity index (χ4v) is 2.33. The fourth-order valence-electron chi connectivity index (χ4n) is 2.33. The number of rotatable bonds is 7. The van der Waals surface area contributed by atoms with Crippen LogP contribution in [0.5, 0.6) is 0 Å². The minimum absolute atomic E-state index is 0.0749. The number of esters is 1. The summed E-state index contributed by atoms with van der Waals surface area (Å²) in [5.74, 6) is -1.70. The Balaban J connectivity index is 1.98. The third-order valence-corrected chi connectivity index (χ3v) is 3.62. The summed E-state index contributed by atoms with van der Waals surface area (Å²) in [5.41, 5.74) is 0.129. The van der Waals surface area contributed by atoms with Crippen LogP contribution in [0.3, 0.4) is 0 Å². The van der Waals surface area contributed by atoms with Crippen LogP contribution in [0.15, 0.2) is 35.1 Å². The average Bonchev–Trinajstić information content (AvgIpc) is 2.63. The van der Waals surface area contributed by atoms with E-state index in [9.17, 15) is 19.2 Å². The van der Waals surface area contributed by atoms with Crippen LogP contribution in [0.4, 0.5) is 0 Å². The molecule has 8 nitrogen and oxygen atoms in total. The number of carbonyl (C=O) groups excluding carboxylic acids is 3. The number of aromatic nitrogens is 1. The summed E-state index contributed by atoms with van der Waals surface area (Å²) < 4.78 is 4.98. The van der Waals surface area contributed by atoms with Gasteiger partial charge in [-0.15, -0.1) is 0 Å². The Kier molecular flexibility index (Phi) is 6.48. The zero-order valence-corrected chi connectivity index (χ0v) is 14.6. The van der Waals surface area contributed by atoms with Crippen LogP contribution in [0, 0.1) is 0 Å². The number of aromatic amines is 1. The van der Waals surface area contributed by atoms with E-state index in [0.29, 0.717) is 17.4 Å². The summed E-state index contributed by atoms with van der Waals surface area (Å²) in [7, 11) is 0. The molecule has 0 unspecified atom stereocenters. The van der Waals surface area contributed by atoms with Crippen LogP contribution in [-0.2, 0) is 14.3 Å². The molecule has 8 heteroatoms. The van der Waals surface area contributed by atoms with Crippen molar-refractivity contribution in [3.63, 3.8) is 0 Å². The van der Waals surface area contributed by atoms with Crippen molar-refractivity contribution in [2.75, 3.05) is 13.2 Å². The van der Waals surface area contributed by atoms with Crippen LogP contribution >= 0.6 is 0 Å². The number of H-pyrrole nitrogens is 1. The predicted molar refractivity (Wildman–Crippen MR) is 95.8 cm³/mol. The van der Waals surface area contributed by atoms with Crippen molar-refractivity contribution < 1.29 is 19.1 Å². The summed E-state index contributed by atoms with van der Waals surface area (Å²) in [6, 6.07) is 7.17. The molecule has 0 saturated heterocycles. The Morgan fingerprint density at radius 2 is 1.96 bits per heavy atom. The molecule has 26 heavy (non-hydrogen) atoms. The Hall–Kier alpha value is -3.16. The van der Waals surface area contributed by atoms with E-state index in [1.54, 1.807) is 24.3 Å². The number of ether oxygens (including phenoxy) is 1. The normalized spacial score (nSPS) is 11.6. The predicted octanol–water partition coefficient (Wildman–Crippen LogP) is 0.716. The molecule has 1 aromatic heterocycles. The van der Waals surface area contributed by atoms with Crippen molar-refractivity contribution in [2.24, 2.45) is 0 Å². The number of fused-ring (bicyclic) bond motifs is 1. The molecule has 0 aliphatic carbocycles. The molecular formula is C18H21N3O5. The van der Waals surface area contributed by atoms with Crippen molar-refractivity contribution in [1.29, 1.82) is 0 Å². The van der Waals surface area contributed by atoms with Gasteiger partial charge in [-0.1, -0.05) is 25.1 Å². The SMILES string of the molecule is CCCNC(=O)[C@H](C)NC(=O)COC(=O)c1cc(=O)[nH]c2ccccc12. The van der Waals surface area contributed by atoms with Crippen molar-refractivity contribution in [3.8, 4) is 0 Å². The van der Waals surface area contributed by atoms with E-state index in [2.05, 4.69) is 15.6 Å². The summed E-state index contributed by atoms with van der Waals surface area (Å²) in [6.07, 6.45) is 0.786. The van der Waals surface area contributed by atoms with Gasteiger partial charge < -0.3 is 20.4 Å². The van der Waals surface area contributed by atoms with Gasteiger partial charge >= 0.3 is 5.97 Å². The summed E-state index contributed by atoms with van der Waals surface area (Å²) in [6.45, 7) is 3.42. The maximum Gasteiger partial charge on any atom is 0.339 e. The molecule has 2 rings (SSSR count). The molecule has 0 fully saturated rings. The Labute approximate surface area is 149 Å². The molecule has 0 spiro atoms. The number of pyridine rings is 1. The monoisotopic (exact) mass is 359 g/mol. The van der Waals surface area contributed by atoms with Gasteiger partial charge in [0.25, 0.3) is 5.91 Å². The second kappa shape index (κ2) is 8.80. The minimum Gasteiger partial charge on any atom is -0.452 e. The molecule has 0 aliphatic heterocycles. The Morgan fingerprint density at radius 1 is 1.23 bits per heavy atom. The first-order chi connectivity index (χ1) is 12.4. The largest absolute Gasteiger partial charge is 0.452 e. The highest BCUT2D eigenvalue weighted by Gasteiger charge is 2.18. The molecule has 0 radical (unpaired) electrons. The smallest absolute Gasteiger partial charge is 0.339 e. The number of nitrogens with one attached hydrogen (secondary N) is 3. The zero-order valence-electron chi connectivity index (χ0n) is 14.6. The van der Waals surface area contributed by atoms with Crippen molar-refractivity contribution in [2.45, 2.75) is 26.3 Å². The third-order valence-electron chi connectivity index (χ3n) is 3.62. The van der Waals surface area contributed by atoms with Crippen LogP contribution in [0.1, 0.15) is 30.6 Å². The van der Waals surface area contributed by atoms with E-state index in [0.717, 1.165) is 12.5 Å². The molecule has 1 atom stereocenters. The van der Waals surface area contributed by atoms with Gasteiger partial charge in [0, 0.05) is 23.5 Å². The zero-order chi connectivity index (χ0) is 19.1.